The van der Waals surface area contributed by atoms with E-state index >= 15 is 0 Å². The highest BCUT2D eigenvalue weighted by atomic mass is 127. The Balaban J connectivity index is 2.16. The Morgan fingerprint density at radius 1 is 1.05 bits per heavy atom. The highest BCUT2D eigenvalue weighted by molar-refractivity contribution is 14.1. The fourth-order valence-electron chi connectivity index (χ4n) is 1.69. The number of halogens is 1. The van der Waals surface area contributed by atoms with Crippen molar-refractivity contribution in [3.63, 3.8) is 0 Å². The molecule has 0 aliphatic heterocycles. The van der Waals surface area contributed by atoms with Gasteiger partial charge in [0.05, 0.1) is 11.3 Å². The summed E-state index contributed by atoms with van der Waals surface area (Å²) < 4.78 is 27.7. The first-order valence-electron chi connectivity index (χ1n) is 5.96. The predicted molar refractivity (Wildman–Crippen MR) is 87.7 cm³/mol. The Morgan fingerprint density at radius 3 is 2.14 bits per heavy atom. The van der Waals surface area contributed by atoms with E-state index in [1.807, 2.05) is 0 Å². The first-order valence-corrected chi connectivity index (χ1v) is 8.52. The number of anilines is 1. The minimum Gasteiger partial charge on any atom is -0.481 e. The molecule has 110 valence electrons. The number of aliphatic carboxylic acids is 1. The maximum atomic E-state index is 12.2. The predicted octanol–water partition coefficient (Wildman–Crippen LogP) is 2.72. The average Bonchev–Trinajstić information content (AvgIpc) is 2.40. The molecule has 2 rings (SSSR count). The van der Waals surface area contributed by atoms with Crippen molar-refractivity contribution in [1.82, 2.24) is 0 Å². The third kappa shape index (κ3) is 4.43. The van der Waals surface area contributed by atoms with E-state index in [0.29, 0.717) is 11.3 Å². The molecule has 0 saturated carbocycles. The van der Waals surface area contributed by atoms with E-state index in [1.54, 1.807) is 36.4 Å². The van der Waals surface area contributed by atoms with Crippen molar-refractivity contribution in [2.75, 3.05) is 4.72 Å². The number of sulfonamides is 1. The molecule has 0 amide bonds. The van der Waals surface area contributed by atoms with Crippen molar-refractivity contribution >= 4 is 44.3 Å². The number of hydrogen-bond donors (Lipinski definition) is 2. The zero-order chi connectivity index (χ0) is 15.5. The normalized spacial score (nSPS) is 11.1. The lowest BCUT2D eigenvalue weighted by atomic mass is 10.1. The van der Waals surface area contributed by atoms with Crippen LogP contribution in [-0.2, 0) is 21.2 Å². The zero-order valence-electron chi connectivity index (χ0n) is 10.8. The summed E-state index contributed by atoms with van der Waals surface area (Å²) in [6, 6.07) is 12.7. The van der Waals surface area contributed by atoms with E-state index in [1.165, 1.54) is 12.1 Å². The van der Waals surface area contributed by atoms with Gasteiger partial charge in [-0.15, -0.1) is 0 Å². The summed E-state index contributed by atoms with van der Waals surface area (Å²) in [5, 5.41) is 8.68. The number of carboxylic acid groups (broad SMARTS) is 1. The standard InChI is InChI=1S/C14H12INO4S/c15-11-3-7-13(8-4-11)21(19,20)16-12-5-1-10(2-6-12)9-14(17)18/h1-8,16H,9H2,(H,17,18). The van der Waals surface area contributed by atoms with Crippen LogP contribution < -0.4 is 4.72 Å². The van der Waals surface area contributed by atoms with Gasteiger partial charge in [-0.1, -0.05) is 12.1 Å². The van der Waals surface area contributed by atoms with Crippen molar-refractivity contribution in [2.24, 2.45) is 0 Å². The second kappa shape index (κ2) is 6.44. The smallest absolute Gasteiger partial charge is 0.307 e. The van der Waals surface area contributed by atoms with E-state index in [-0.39, 0.29) is 11.3 Å². The molecule has 2 N–H and O–H groups in total. The molecule has 0 aliphatic rings. The van der Waals surface area contributed by atoms with Crippen molar-refractivity contribution in [3.05, 3.63) is 57.7 Å². The van der Waals surface area contributed by atoms with Crippen LogP contribution in [0.2, 0.25) is 0 Å². The van der Waals surface area contributed by atoms with Gasteiger partial charge in [0.15, 0.2) is 0 Å². The Kier molecular flexibility index (Phi) is 4.84. The SMILES string of the molecule is O=C(O)Cc1ccc(NS(=O)(=O)c2ccc(I)cc2)cc1. The monoisotopic (exact) mass is 417 g/mol. The summed E-state index contributed by atoms with van der Waals surface area (Å²) in [4.78, 5) is 10.8. The second-order valence-electron chi connectivity index (χ2n) is 4.33. The minimum absolute atomic E-state index is 0.0931. The quantitative estimate of drug-likeness (QED) is 0.733. The van der Waals surface area contributed by atoms with E-state index < -0.39 is 16.0 Å². The fraction of sp³-hybridized carbons (Fsp3) is 0.0714. The molecule has 0 aliphatic carbocycles. The number of benzene rings is 2. The van der Waals surface area contributed by atoms with Gasteiger partial charge in [-0.2, -0.15) is 0 Å². The third-order valence-electron chi connectivity index (χ3n) is 2.69. The van der Waals surface area contributed by atoms with Gasteiger partial charge in [-0.3, -0.25) is 9.52 Å². The molecular weight excluding hydrogens is 405 g/mol. The van der Waals surface area contributed by atoms with E-state index in [4.69, 9.17) is 5.11 Å². The van der Waals surface area contributed by atoms with Gasteiger partial charge < -0.3 is 5.11 Å². The van der Waals surface area contributed by atoms with Crippen LogP contribution >= 0.6 is 22.6 Å². The zero-order valence-corrected chi connectivity index (χ0v) is 13.8. The van der Waals surface area contributed by atoms with Gasteiger partial charge in [0.1, 0.15) is 0 Å². The van der Waals surface area contributed by atoms with E-state index in [9.17, 15) is 13.2 Å². The maximum absolute atomic E-state index is 12.2. The summed E-state index contributed by atoms with van der Waals surface area (Å²) >= 11 is 2.10. The van der Waals surface area contributed by atoms with Crippen molar-refractivity contribution < 1.29 is 18.3 Å². The van der Waals surface area contributed by atoms with Gasteiger partial charge in [0.2, 0.25) is 0 Å². The van der Waals surface area contributed by atoms with Crippen molar-refractivity contribution in [2.45, 2.75) is 11.3 Å². The molecule has 0 unspecified atom stereocenters. The highest BCUT2D eigenvalue weighted by Crippen LogP contribution is 2.18. The first-order chi connectivity index (χ1) is 9.87. The lowest BCUT2D eigenvalue weighted by molar-refractivity contribution is -0.136. The maximum Gasteiger partial charge on any atom is 0.307 e. The molecule has 5 nitrogen and oxygen atoms in total. The highest BCUT2D eigenvalue weighted by Gasteiger charge is 2.13. The number of nitrogens with one attached hydrogen (secondary N) is 1. The molecule has 21 heavy (non-hydrogen) atoms. The summed E-state index contributed by atoms with van der Waals surface area (Å²) in [6.45, 7) is 0. The molecule has 2 aromatic rings. The van der Waals surface area contributed by atoms with Crippen LogP contribution in [0.4, 0.5) is 5.69 Å². The van der Waals surface area contributed by atoms with Crippen molar-refractivity contribution in [1.29, 1.82) is 0 Å². The lowest BCUT2D eigenvalue weighted by Crippen LogP contribution is -2.13. The summed E-state index contributed by atoms with van der Waals surface area (Å²) in [5.74, 6) is -0.929. The molecular formula is C14H12INO4S. The molecule has 2 aromatic carbocycles. The molecule has 7 heteroatoms. The topological polar surface area (TPSA) is 83.5 Å². The molecule has 0 radical (unpaired) electrons. The summed E-state index contributed by atoms with van der Waals surface area (Å²) in [6.07, 6.45) is -0.0931. The van der Waals surface area contributed by atoms with Crippen LogP contribution in [0.15, 0.2) is 53.4 Å². The van der Waals surface area contributed by atoms with Gasteiger partial charge in [0.25, 0.3) is 10.0 Å². The van der Waals surface area contributed by atoms with Gasteiger partial charge in [-0.25, -0.2) is 8.42 Å². The molecule has 0 spiro atoms. The molecule has 0 atom stereocenters. The number of carboxylic acids is 1. The van der Waals surface area contributed by atoms with Crippen LogP contribution in [0.25, 0.3) is 0 Å². The molecule has 0 saturated heterocycles. The molecule has 0 fully saturated rings. The molecule has 0 aromatic heterocycles. The third-order valence-corrected chi connectivity index (χ3v) is 4.80. The Bertz CT molecular complexity index is 740. The van der Waals surface area contributed by atoms with Crippen LogP contribution in [0, 0.1) is 3.57 Å². The number of hydrogen-bond acceptors (Lipinski definition) is 3. The van der Waals surface area contributed by atoms with Crippen LogP contribution in [0.3, 0.4) is 0 Å². The minimum atomic E-state index is -3.64. The first kappa shape index (κ1) is 15.8. The van der Waals surface area contributed by atoms with E-state index in [2.05, 4.69) is 27.3 Å². The fourth-order valence-corrected chi connectivity index (χ4v) is 3.11. The Hall–Kier alpha value is -1.61. The van der Waals surface area contributed by atoms with Gasteiger partial charge in [0, 0.05) is 9.26 Å². The number of carbonyl (C=O) groups is 1. The summed E-state index contributed by atoms with van der Waals surface area (Å²) in [7, 11) is -3.64. The molecule has 0 heterocycles. The Labute approximate surface area is 136 Å². The largest absolute Gasteiger partial charge is 0.481 e. The summed E-state index contributed by atoms with van der Waals surface area (Å²) in [5.41, 5.74) is 1.00. The van der Waals surface area contributed by atoms with Gasteiger partial charge in [-0.05, 0) is 64.6 Å². The van der Waals surface area contributed by atoms with Gasteiger partial charge >= 0.3 is 5.97 Å². The number of rotatable bonds is 5. The van der Waals surface area contributed by atoms with E-state index in [0.717, 1.165) is 3.57 Å². The van der Waals surface area contributed by atoms with Crippen molar-refractivity contribution in [3.8, 4) is 0 Å². The molecule has 0 bridgehead atoms. The average molecular weight is 417 g/mol. The lowest BCUT2D eigenvalue weighted by Gasteiger charge is -2.08. The van der Waals surface area contributed by atoms with Crippen LogP contribution in [-0.4, -0.2) is 19.5 Å². The Morgan fingerprint density at radius 2 is 1.62 bits per heavy atom. The van der Waals surface area contributed by atoms with Crippen LogP contribution in [0.5, 0.6) is 0 Å². The second-order valence-corrected chi connectivity index (χ2v) is 7.25. The van der Waals surface area contributed by atoms with Crippen LogP contribution in [0.1, 0.15) is 5.56 Å².